The maximum absolute atomic E-state index is 5.78. The molecule has 0 aliphatic heterocycles. The maximum Gasteiger partial charge on any atom is 0.408 e. The van der Waals surface area contributed by atoms with Gasteiger partial charge >= 0.3 is 5.96 Å². The Kier molecular flexibility index (Phi) is 3.27. The minimum atomic E-state index is 0.399. The van der Waals surface area contributed by atoms with Gasteiger partial charge in [-0.2, -0.15) is 21.4 Å². The van der Waals surface area contributed by atoms with Crippen LogP contribution in [-0.2, 0) is 0 Å². The number of rotatable bonds is 1. The number of para-hydroxylation sites is 1. The molecule has 0 aliphatic carbocycles. The van der Waals surface area contributed by atoms with Gasteiger partial charge < -0.3 is 0 Å². The molecule has 1 aromatic rings. The van der Waals surface area contributed by atoms with Crippen LogP contribution in [0.3, 0.4) is 0 Å². The first-order valence-electron chi connectivity index (χ1n) is 4.08. The summed E-state index contributed by atoms with van der Waals surface area (Å²) in [6.07, 6.45) is 0. The van der Waals surface area contributed by atoms with E-state index in [0.29, 0.717) is 5.96 Å². The maximum atomic E-state index is 5.78. The molecule has 0 bridgehead atoms. The van der Waals surface area contributed by atoms with Crippen molar-refractivity contribution in [3.63, 3.8) is 0 Å². The molecule has 0 spiro atoms. The predicted molar refractivity (Wildman–Crippen MR) is 55.8 cm³/mol. The fourth-order valence-electron chi connectivity index (χ4n) is 1.05. The van der Waals surface area contributed by atoms with Crippen LogP contribution < -0.4 is 28.0 Å². The molecule has 0 saturated carbocycles. The third-order valence-electron chi connectivity index (χ3n) is 1.73. The Morgan fingerprint density at radius 3 is 2.36 bits per heavy atom. The number of hydrazone groups is 1. The number of hydrogen-bond donors (Lipinski definition) is 4. The molecule has 76 valence electrons. The van der Waals surface area contributed by atoms with Crippen molar-refractivity contribution in [2.45, 2.75) is 0 Å². The van der Waals surface area contributed by atoms with Crippen molar-refractivity contribution in [1.82, 2.24) is 5.43 Å². The van der Waals surface area contributed by atoms with Gasteiger partial charge in [-0.15, -0.1) is 0 Å². The first-order chi connectivity index (χ1) is 6.66. The molecule has 0 amide bonds. The quantitative estimate of drug-likeness (QED) is 0.147. The lowest BCUT2D eigenvalue weighted by Gasteiger charge is -2.13. The minimum Gasteiger partial charge on any atom is -0.294 e. The molecule has 0 saturated heterocycles. The predicted octanol–water partition coefficient (Wildman–Crippen LogP) is -1.30. The Bertz CT molecular complexity index is 316. The van der Waals surface area contributed by atoms with Gasteiger partial charge in [0.1, 0.15) is 5.69 Å². The summed E-state index contributed by atoms with van der Waals surface area (Å²) in [6.45, 7) is 0. The van der Waals surface area contributed by atoms with E-state index in [-0.39, 0.29) is 0 Å². The molecule has 7 N–H and O–H groups in total. The summed E-state index contributed by atoms with van der Waals surface area (Å²) in [5.74, 6) is 17.0. The van der Waals surface area contributed by atoms with Gasteiger partial charge in [-0.1, -0.05) is 18.2 Å². The largest absolute Gasteiger partial charge is 0.408 e. The fraction of sp³-hybridized carbons (Fsp3) is 0.125. The normalized spacial score (nSPS) is 11.9. The van der Waals surface area contributed by atoms with E-state index in [2.05, 4.69) is 5.43 Å². The van der Waals surface area contributed by atoms with Gasteiger partial charge in [-0.25, -0.2) is 5.43 Å². The highest BCUT2D eigenvalue weighted by atomic mass is 15.6. The summed E-state index contributed by atoms with van der Waals surface area (Å²) < 4.78 is 1.30. The highest BCUT2D eigenvalue weighted by Crippen LogP contribution is 2.08. The van der Waals surface area contributed by atoms with Crippen LogP contribution in [0.4, 0.5) is 5.69 Å². The fourth-order valence-corrected chi connectivity index (χ4v) is 1.05. The van der Waals surface area contributed by atoms with Crippen LogP contribution >= 0.6 is 0 Å². The minimum absolute atomic E-state index is 0.399. The van der Waals surface area contributed by atoms with E-state index in [4.69, 9.17) is 17.5 Å². The average molecular weight is 195 g/mol. The molecule has 14 heavy (non-hydrogen) atoms. The SMILES string of the molecule is C[N+](N)=C(NN)N(N)c1ccccc1. The van der Waals surface area contributed by atoms with E-state index in [1.807, 2.05) is 30.3 Å². The van der Waals surface area contributed by atoms with Crippen molar-refractivity contribution in [2.24, 2.45) is 17.5 Å². The van der Waals surface area contributed by atoms with Gasteiger partial charge in [0, 0.05) is 0 Å². The van der Waals surface area contributed by atoms with Crippen molar-refractivity contribution in [2.75, 3.05) is 12.1 Å². The van der Waals surface area contributed by atoms with Gasteiger partial charge in [-0.05, 0) is 12.1 Å². The second kappa shape index (κ2) is 4.45. The molecule has 6 nitrogen and oxygen atoms in total. The zero-order chi connectivity index (χ0) is 10.6. The molecule has 1 rings (SSSR count). The molecule has 1 aromatic carbocycles. The van der Waals surface area contributed by atoms with Crippen LogP contribution in [0.1, 0.15) is 0 Å². The lowest BCUT2D eigenvalue weighted by molar-refractivity contribution is -0.512. The van der Waals surface area contributed by atoms with Crippen molar-refractivity contribution in [3.05, 3.63) is 30.3 Å². The summed E-state index contributed by atoms with van der Waals surface area (Å²) in [4.78, 5) is 0. The molecule has 0 fully saturated rings. The number of benzene rings is 1. The van der Waals surface area contributed by atoms with Crippen molar-refractivity contribution >= 4 is 11.6 Å². The first kappa shape index (κ1) is 10.3. The number of nitrogens with two attached hydrogens (primary N) is 3. The highest BCUT2D eigenvalue weighted by molar-refractivity contribution is 5.90. The summed E-state index contributed by atoms with van der Waals surface area (Å²) in [6, 6.07) is 9.35. The second-order valence-corrected chi connectivity index (χ2v) is 2.78. The molecule has 0 aliphatic rings. The number of anilines is 1. The Morgan fingerprint density at radius 2 is 1.93 bits per heavy atom. The standard InChI is InChI=1S/C8H14N6/c1-13(10)8(12-9)14(11)7-5-3-2-4-6-7/h2-6H,9-11H2,1H3/p+1. The molecular formula is C8H15N6+. The van der Waals surface area contributed by atoms with Crippen molar-refractivity contribution in [3.8, 4) is 0 Å². The van der Waals surface area contributed by atoms with E-state index in [1.54, 1.807) is 7.05 Å². The summed E-state index contributed by atoms with van der Waals surface area (Å²) in [5.41, 5.74) is 3.21. The average Bonchev–Trinajstić information content (AvgIpc) is 2.19. The zero-order valence-electron chi connectivity index (χ0n) is 8.01. The Balaban J connectivity index is 2.96. The number of guanidine groups is 1. The van der Waals surface area contributed by atoms with Crippen LogP contribution in [-0.4, -0.2) is 17.7 Å². The molecule has 0 radical (unpaired) electrons. The zero-order valence-corrected chi connectivity index (χ0v) is 8.01. The molecule has 0 atom stereocenters. The summed E-state index contributed by atoms with van der Waals surface area (Å²) in [7, 11) is 1.64. The lowest BCUT2D eigenvalue weighted by atomic mass is 10.3. The molecule has 0 unspecified atom stereocenters. The van der Waals surface area contributed by atoms with Gasteiger partial charge in [-0.3, -0.25) is 5.84 Å². The highest BCUT2D eigenvalue weighted by Gasteiger charge is 2.17. The van der Waals surface area contributed by atoms with E-state index in [9.17, 15) is 0 Å². The molecule has 0 aromatic heterocycles. The Morgan fingerprint density at radius 1 is 1.36 bits per heavy atom. The molecule has 6 heteroatoms. The monoisotopic (exact) mass is 195 g/mol. The summed E-state index contributed by atoms with van der Waals surface area (Å²) in [5, 5.41) is 1.36. The Labute approximate surface area is 82.5 Å². The van der Waals surface area contributed by atoms with Crippen LogP contribution in [0.5, 0.6) is 0 Å². The molecule has 0 heterocycles. The van der Waals surface area contributed by atoms with Crippen LogP contribution in [0.2, 0.25) is 0 Å². The van der Waals surface area contributed by atoms with E-state index in [1.165, 1.54) is 9.69 Å². The van der Waals surface area contributed by atoms with E-state index in [0.717, 1.165) is 5.69 Å². The number of nitrogens with one attached hydrogen (secondary N) is 1. The van der Waals surface area contributed by atoms with E-state index >= 15 is 0 Å². The third kappa shape index (κ3) is 2.12. The number of hydrogen-bond acceptors (Lipinski definition) is 3. The second-order valence-electron chi connectivity index (χ2n) is 2.78. The molecular weight excluding hydrogens is 180 g/mol. The number of hydrazine groups is 3. The van der Waals surface area contributed by atoms with Crippen LogP contribution in [0.25, 0.3) is 0 Å². The van der Waals surface area contributed by atoms with E-state index < -0.39 is 0 Å². The van der Waals surface area contributed by atoms with Crippen molar-refractivity contribution < 1.29 is 4.68 Å². The van der Waals surface area contributed by atoms with Gasteiger partial charge in [0.2, 0.25) is 0 Å². The Hall–Kier alpha value is -1.79. The van der Waals surface area contributed by atoms with Crippen LogP contribution in [0, 0.1) is 0 Å². The smallest absolute Gasteiger partial charge is 0.294 e. The lowest BCUT2D eigenvalue weighted by Crippen LogP contribution is -2.54. The first-order valence-corrected chi connectivity index (χ1v) is 4.08. The van der Waals surface area contributed by atoms with Crippen LogP contribution in [0.15, 0.2) is 30.3 Å². The number of nitrogens with zero attached hydrogens (tertiary/aromatic N) is 2. The van der Waals surface area contributed by atoms with Gasteiger partial charge in [0.05, 0.1) is 7.05 Å². The topological polar surface area (TPSA) is 96.3 Å². The van der Waals surface area contributed by atoms with Gasteiger partial charge in [0.15, 0.2) is 0 Å². The summed E-state index contributed by atoms with van der Waals surface area (Å²) >= 11 is 0. The third-order valence-corrected chi connectivity index (χ3v) is 1.73. The van der Waals surface area contributed by atoms with Gasteiger partial charge in [0.25, 0.3) is 0 Å². The van der Waals surface area contributed by atoms with Crippen molar-refractivity contribution in [1.29, 1.82) is 0 Å².